The van der Waals surface area contributed by atoms with Crippen LogP contribution in [0.1, 0.15) is 41.1 Å². The maximum atomic E-state index is 12.1. The van der Waals surface area contributed by atoms with E-state index in [1.807, 2.05) is 13.0 Å². The molecule has 0 bridgehead atoms. The van der Waals surface area contributed by atoms with E-state index in [1.165, 1.54) is 19.3 Å². The summed E-state index contributed by atoms with van der Waals surface area (Å²) in [5.74, 6) is 1.44. The Morgan fingerprint density at radius 2 is 2.09 bits per heavy atom. The third-order valence-corrected chi connectivity index (χ3v) is 3.90. The van der Waals surface area contributed by atoms with Crippen LogP contribution in [0.5, 0.6) is 0 Å². The van der Waals surface area contributed by atoms with Gasteiger partial charge in [-0.3, -0.25) is 9.78 Å². The zero-order valence-electron chi connectivity index (χ0n) is 13.3. The molecule has 1 fully saturated rings. The number of piperidine rings is 1. The number of amides is 1. The first-order valence-corrected chi connectivity index (χ1v) is 8.00. The Morgan fingerprint density at radius 1 is 1.26 bits per heavy atom. The number of aromatic nitrogens is 3. The van der Waals surface area contributed by atoms with Crippen molar-refractivity contribution in [3.05, 3.63) is 47.7 Å². The fourth-order valence-electron chi connectivity index (χ4n) is 2.73. The van der Waals surface area contributed by atoms with Crippen molar-refractivity contribution >= 4 is 11.7 Å². The molecule has 6 heteroatoms. The highest BCUT2D eigenvalue weighted by Gasteiger charge is 2.14. The summed E-state index contributed by atoms with van der Waals surface area (Å²) in [4.78, 5) is 27.4. The van der Waals surface area contributed by atoms with E-state index in [0.29, 0.717) is 17.9 Å². The molecule has 1 amide bonds. The van der Waals surface area contributed by atoms with E-state index >= 15 is 0 Å². The molecule has 3 heterocycles. The lowest BCUT2D eigenvalue weighted by molar-refractivity contribution is 0.0949. The molecular weight excluding hydrogens is 290 g/mol. The van der Waals surface area contributed by atoms with Crippen LogP contribution in [-0.2, 0) is 6.54 Å². The minimum absolute atomic E-state index is 0.164. The van der Waals surface area contributed by atoms with Gasteiger partial charge in [-0.15, -0.1) is 0 Å². The largest absolute Gasteiger partial charge is 0.357 e. The number of anilines is 1. The second-order valence-electron chi connectivity index (χ2n) is 5.76. The highest BCUT2D eigenvalue weighted by Crippen LogP contribution is 2.18. The summed E-state index contributed by atoms with van der Waals surface area (Å²) in [6.07, 6.45) is 6.89. The number of hydrogen-bond acceptors (Lipinski definition) is 5. The van der Waals surface area contributed by atoms with Crippen LogP contribution in [0, 0.1) is 6.92 Å². The van der Waals surface area contributed by atoms with Crippen LogP contribution in [0.2, 0.25) is 0 Å². The highest BCUT2D eigenvalue weighted by atomic mass is 16.1. The number of nitrogens with one attached hydrogen (secondary N) is 1. The highest BCUT2D eigenvalue weighted by molar-refractivity contribution is 5.93. The van der Waals surface area contributed by atoms with Gasteiger partial charge in [-0.25, -0.2) is 9.97 Å². The smallest absolute Gasteiger partial charge is 0.253 e. The molecule has 0 atom stereocenters. The van der Waals surface area contributed by atoms with E-state index in [2.05, 4.69) is 25.2 Å². The molecule has 0 aromatic carbocycles. The Kier molecular flexibility index (Phi) is 4.80. The Hall–Kier alpha value is -2.50. The average Bonchev–Trinajstić information content (AvgIpc) is 2.61. The first-order valence-electron chi connectivity index (χ1n) is 8.00. The molecule has 1 saturated heterocycles. The molecule has 1 aliphatic heterocycles. The van der Waals surface area contributed by atoms with E-state index in [9.17, 15) is 4.79 Å². The van der Waals surface area contributed by atoms with E-state index in [1.54, 1.807) is 24.5 Å². The lowest BCUT2D eigenvalue weighted by Gasteiger charge is -2.28. The van der Waals surface area contributed by atoms with Crippen LogP contribution in [-0.4, -0.2) is 33.9 Å². The van der Waals surface area contributed by atoms with Crippen LogP contribution >= 0.6 is 0 Å². The van der Waals surface area contributed by atoms with Gasteiger partial charge in [-0.1, -0.05) is 0 Å². The maximum absolute atomic E-state index is 12.1. The van der Waals surface area contributed by atoms with Crippen LogP contribution in [0.4, 0.5) is 5.82 Å². The fraction of sp³-hybridized carbons (Fsp3) is 0.412. The van der Waals surface area contributed by atoms with Gasteiger partial charge >= 0.3 is 0 Å². The SMILES string of the molecule is Cc1cc(N2CCCCC2)nc(CNC(=O)c2cccnc2)n1. The van der Waals surface area contributed by atoms with Gasteiger partial charge in [-0.05, 0) is 38.3 Å². The van der Waals surface area contributed by atoms with Gasteiger partial charge in [0.2, 0.25) is 0 Å². The Labute approximate surface area is 136 Å². The van der Waals surface area contributed by atoms with Crippen molar-refractivity contribution in [2.45, 2.75) is 32.7 Å². The summed E-state index contributed by atoms with van der Waals surface area (Å²) in [6, 6.07) is 5.49. The first-order chi connectivity index (χ1) is 11.2. The number of hydrogen-bond donors (Lipinski definition) is 1. The van der Waals surface area contributed by atoms with Gasteiger partial charge < -0.3 is 10.2 Å². The molecule has 0 unspecified atom stereocenters. The van der Waals surface area contributed by atoms with Gasteiger partial charge in [0, 0.05) is 37.2 Å². The van der Waals surface area contributed by atoms with Crippen molar-refractivity contribution in [2.75, 3.05) is 18.0 Å². The number of aryl methyl sites for hydroxylation is 1. The summed E-state index contributed by atoms with van der Waals surface area (Å²) in [7, 11) is 0. The number of nitrogens with zero attached hydrogens (tertiary/aromatic N) is 4. The lowest BCUT2D eigenvalue weighted by atomic mass is 10.1. The van der Waals surface area contributed by atoms with Gasteiger partial charge in [0.15, 0.2) is 0 Å². The molecule has 6 nitrogen and oxygen atoms in total. The van der Waals surface area contributed by atoms with Gasteiger partial charge in [-0.2, -0.15) is 0 Å². The summed E-state index contributed by atoms with van der Waals surface area (Å²) < 4.78 is 0. The second-order valence-corrected chi connectivity index (χ2v) is 5.76. The van der Waals surface area contributed by atoms with Crippen molar-refractivity contribution in [3.8, 4) is 0 Å². The summed E-state index contributed by atoms with van der Waals surface area (Å²) in [6.45, 7) is 4.35. The normalized spacial score (nSPS) is 14.6. The monoisotopic (exact) mass is 311 g/mol. The van der Waals surface area contributed by atoms with Crippen LogP contribution in [0.15, 0.2) is 30.6 Å². The topological polar surface area (TPSA) is 71.0 Å². The van der Waals surface area contributed by atoms with E-state index < -0.39 is 0 Å². The molecule has 0 aliphatic carbocycles. The summed E-state index contributed by atoms with van der Waals surface area (Å²) >= 11 is 0. The molecular formula is C17H21N5O. The standard InChI is InChI=1S/C17H21N5O/c1-13-10-16(22-8-3-2-4-9-22)21-15(20-13)12-19-17(23)14-6-5-7-18-11-14/h5-7,10-11H,2-4,8-9,12H2,1H3,(H,19,23). The van der Waals surface area contributed by atoms with Crippen LogP contribution < -0.4 is 10.2 Å². The zero-order chi connectivity index (χ0) is 16.1. The fourth-order valence-corrected chi connectivity index (χ4v) is 2.73. The Balaban J connectivity index is 1.68. The molecule has 23 heavy (non-hydrogen) atoms. The van der Waals surface area contributed by atoms with Crippen LogP contribution in [0.3, 0.4) is 0 Å². The van der Waals surface area contributed by atoms with Gasteiger partial charge in [0.05, 0.1) is 12.1 Å². The Morgan fingerprint density at radius 3 is 2.83 bits per heavy atom. The van der Waals surface area contributed by atoms with Crippen molar-refractivity contribution in [1.82, 2.24) is 20.3 Å². The Bertz CT molecular complexity index is 668. The number of carbonyl (C=O) groups is 1. The third kappa shape index (κ3) is 4.03. The number of carbonyl (C=O) groups excluding carboxylic acids is 1. The molecule has 2 aromatic rings. The van der Waals surface area contributed by atoms with Gasteiger partial charge in [0.25, 0.3) is 5.91 Å². The van der Waals surface area contributed by atoms with Crippen molar-refractivity contribution in [1.29, 1.82) is 0 Å². The maximum Gasteiger partial charge on any atom is 0.253 e. The molecule has 2 aromatic heterocycles. The minimum Gasteiger partial charge on any atom is -0.357 e. The third-order valence-electron chi connectivity index (χ3n) is 3.90. The number of rotatable bonds is 4. The molecule has 1 aliphatic rings. The predicted molar refractivity (Wildman–Crippen MR) is 88.2 cm³/mol. The number of pyridine rings is 1. The summed E-state index contributed by atoms with van der Waals surface area (Å²) in [5.41, 5.74) is 1.46. The van der Waals surface area contributed by atoms with E-state index in [-0.39, 0.29) is 5.91 Å². The van der Waals surface area contributed by atoms with E-state index in [4.69, 9.17) is 0 Å². The molecule has 0 radical (unpaired) electrons. The molecule has 1 N–H and O–H groups in total. The van der Waals surface area contributed by atoms with E-state index in [0.717, 1.165) is 24.6 Å². The van der Waals surface area contributed by atoms with Gasteiger partial charge in [0.1, 0.15) is 11.6 Å². The predicted octanol–water partition coefficient (Wildman–Crippen LogP) is 2.10. The first kappa shape index (κ1) is 15.4. The van der Waals surface area contributed by atoms with Crippen LogP contribution in [0.25, 0.3) is 0 Å². The van der Waals surface area contributed by atoms with Crippen molar-refractivity contribution in [3.63, 3.8) is 0 Å². The molecule has 0 saturated carbocycles. The molecule has 3 rings (SSSR count). The quantitative estimate of drug-likeness (QED) is 0.936. The second kappa shape index (κ2) is 7.17. The molecule has 0 spiro atoms. The molecule has 120 valence electrons. The van der Waals surface area contributed by atoms with Crippen molar-refractivity contribution < 1.29 is 4.79 Å². The minimum atomic E-state index is -0.164. The van der Waals surface area contributed by atoms with Crippen molar-refractivity contribution in [2.24, 2.45) is 0 Å². The zero-order valence-corrected chi connectivity index (χ0v) is 13.3. The average molecular weight is 311 g/mol. The summed E-state index contributed by atoms with van der Waals surface area (Å²) in [5, 5.41) is 2.85. The lowest BCUT2D eigenvalue weighted by Crippen LogP contribution is -2.31.